The molecule has 2 aromatic carbocycles. The van der Waals surface area contributed by atoms with E-state index in [-0.39, 0.29) is 10.8 Å². The van der Waals surface area contributed by atoms with Crippen molar-refractivity contribution in [1.29, 1.82) is 0 Å². The highest BCUT2D eigenvalue weighted by molar-refractivity contribution is 9.10. The first-order chi connectivity index (χ1) is 10.9. The van der Waals surface area contributed by atoms with Crippen LogP contribution in [0, 0.1) is 0 Å². The highest BCUT2D eigenvalue weighted by Crippen LogP contribution is 2.16. The van der Waals surface area contributed by atoms with Crippen LogP contribution in [0.15, 0.2) is 64.0 Å². The van der Waals surface area contributed by atoms with E-state index in [1.165, 1.54) is 25.3 Å². The lowest BCUT2D eigenvalue weighted by Crippen LogP contribution is -2.18. The fraction of sp³-hybridized carbons (Fsp3) is 0.0625. The van der Waals surface area contributed by atoms with E-state index in [0.717, 1.165) is 10.0 Å². The molecule has 0 aromatic heterocycles. The van der Waals surface area contributed by atoms with Crippen molar-refractivity contribution in [2.24, 2.45) is 0 Å². The molecule has 0 saturated heterocycles. The lowest BCUT2D eigenvalue weighted by Gasteiger charge is -2.03. The Morgan fingerprint density at radius 2 is 1.83 bits per heavy atom. The maximum absolute atomic E-state index is 11.9. The van der Waals surface area contributed by atoms with E-state index in [0.29, 0.717) is 5.69 Å². The van der Waals surface area contributed by atoms with Gasteiger partial charge in [0.2, 0.25) is 15.9 Å². The SMILES string of the molecule is CNS(=O)(=O)c1ccc(/C=C/C(=O)Nc2cccc(Br)c2)cc1. The average Bonchev–Trinajstić information content (AvgIpc) is 2.53. The molecule has 1 amide bonds. The van der Waals surface area contributed by atoms with E-state index < -0.39 is 10.0 Å². The molecule has 2 N–H and O–H groups in total. The standard InChI is InChI=1S/C16H15BrN2O3S/c1-18-23(21,22)15-8-5-12(6-9-15)7-10-16(20)19-14-4-2-3-13(17)11-14/h2-11,18H,1H3,(H,19,20)/b10-7+. The number of carbonyl (C=O) groups is 1. The van der Waals surface area contributed by atoms with Gasteiger partial charge < -0.3 is 5.32 Å². The van der Waals surface area contributed by atoms with Gasteiger partial charge in [-0.05, 0) is 49.0 Å². The number of hydrogen-bond donors (Lipinski definition) is 2. The van der Waals surface area contributed by atoms with Crippen molar-refractivity contribution >= 4 is 43.6 Å². The van der Waals surface area contributed by atoms with E-state index in [4.69, 9.17) is 0 Å². The zero-order chi connectivity index (χ0) is 16.9. The summed E-state index contributed by atoms with van der Waals surface area (Å²) in [6.45, 7) is 0. The molecule has 2 aromatic rings. The Labute approximate surface area is 143 Å². The van der Waals surface area contributed by atoms with Crippen LogP contribution in [0.5, 0.6) is 0 Å². The molecule has 0 aliphatic carbocycles. The van der Waals surface area contributed by atoms with Crippen molar-refractivity contribution in [3.63, 3.8) is 0 Å². The molecule has 0 unspecified atom stereocenters. The smallest absolute Gasteiger partial charge is 0.248 e. The van der Waals surface area contributed by atoms with Gasteiger partial charge in [0.05, 0.1) is 4.90 Å². The van der Waals surface area contributed by atoms with Gasteiger partial charge in [-0.3, -0.25) is 4.79 Å². The topological polar surface area (TPSA) is 75.3 Å². The summed E-state index contributed by atoms with van der Waals surface area (Å²) in [5.41, 5.74) is 1.41. The maximum Gasteiger partial charge on any atom is 0.248 e. The minimum absolute atomic E-state index is 0.177. The third-order valence-corrected chi connectivity index (χ3v) is 4.90. The van der Waals surface area contributed by atoms with Gasteiger partial charge >= 0.3 is 0 Å². The number of benzene rings is 2. The molecular weight excluding hydrogens is 380 g/mol. The summed E-state index contributed by atoms with van der Waals surface area (Å²) in [5.74, 6) is -0.268. The molecular formula is C16H15BrN2O3S. The Balaban J connectivity index is 2.04. The number of hydrogen-bond acceptors (Lipinski definition) is 3. The van der Waals surface area contributed by atoms with Gasteiger partial charge in [0, 0.05) is 16.2 Å². The lowest BCUT2D eigenvalue weighted by atomic mass is 10.2. The molecule has 2 rings (SSSR count). The summed E-state index contributed by atoms with van der Waals surface area (Å²) in [6.07, 6.45) is 3.01. The fourth-order valence-electron chi connectivity index (χ4n) is 1.80. The monoisotopic (exact) mass is 394 g/mol. The van der Waals surface area contributed by atoms with E-state index in [2.05, 4.69) is 26.0 Å². The van der Waals surface area contributed by atoms with Gasteiger partial charge in [0.25, 0.3) is 0 Å². The number of sulfonamides is 1. The number of carbonyl (C=O) groups excluding carboxylic acids is 1. The Kier molecular flexibility index (Phi) is 5.70. The molecule has 0 saturated carbocycles. The molecule has 0 heterocycles. The highest BCUT2D eigenvalue weighted by atomic mass is 79.9. The number of anilines is 1. The summed E-state index contributed by atoms with van der Waals surface area (Å²) < 4.78 is 26.3. The average molecular weight is 395 g/mol. The van der Waals surface area contributed by atoms with Gasteiger partial charge in [-0.25, -0.2) is 13.1 Å². The van der Waals surface area contributed by atoms with Gasteiger partial charge in [-0.15, -0.1) is 0 Å². The lowest BCUT2D eigenvalue weighted by molar-refractivity contribution is -0.111. The van der Waals surface area contributed by atoms with Gasteiger partial charge in [0.15, 0.2) is 0 Å². The molecule has 0 fully saturated rings. The Hall–Kier alpha value is -1.96. The number of rotatable bonds is 5. The highest BCUT2D eigenvalue weighted by Gasteiger charge is 2.09. The largest absolute Gasteiger partial charge is 0.322 e. The second kappa shape index (κ2) is 7.54. The van der Waals surface area contributed by atoms with Crippen LogP contribution in [0.25, 0.3) is 6.08 Å². The first-order valence-electron chi connectivity index (χ1n) is 6.69. The Morgan fingerprint density at radius 3 is 2.43 bits per heavy atom. The number of nitrogens with one attached hydrogen (secondary N) is 2. The molecule has 23 heavy (non-hydrogen) atoms. The molecule has 120 valence electrons. The number of halogens is 1. The number of amides is 1. The van der Waals surface area contributed by atoms with E-state index in [1.54, 1.807) is 30.3 Å². The second-order valence-corrected chi connectivity index (χ2v) is 7.41. The van der Waals surface area contributed by atoms with Crippen molar-refractivity contribution in [1.82, 2.24) is 4.72 Å². The summed E-state index contributed by atoms with van der Waals surface area (Å²) in [6, 6.07) is 13.5. The van der Waals surface area contributed by atoms with Gasteiger partial charge in [-0.2, -0.15) is 0 Å². The molecule has 0 spiro atoms. The van der Waals surface area contributed by atoms with Crippen LogP contribution >= 0.6 is 15.9 Å². The van der Waals surface area contributed by atoms with Crippen molar-refractivity contribution in [3.05, 3.63) is 64.6 Å². The molecule has 0 aliphatic heterocycles. The molecule has 0 bridgehead atoms. The maximum atomic E-state index is 11.9. The van der Waals surface area contributed by atoms with Gasteiger partial charge in [-0.1, -0.05) is 34.1 Å². The second-order valence-electron chi connectivity index (χ2n) is 4.61. The van der Waals surface area contributed by atoms with Crippen molar-refractivity contribution in [3.8, 4) is 0 Å². The normalized spacial score (nSPS) is 11.6. The predicted molar refractivity (Wildman–Crippen MR) is 94.5 cm³/mol. The van der Waals surface area contributed by atoms with Crippen molar-refractivity contribution < 1.29 is 13.2 Å². The molecule has 0 atom stereocenters. The molecule has 7 heteroatoms. The first-order valence-corrected chi connectivity index (χ1v) is 8.96. The van der Waals surface area contributed by atoms with E-state index in [1.807, 2.05) is 12.1 Å². The molecule has 5 nitrogen and oxygen atoms in total. The van der Waals surface area contributed by atoms with Crippen LogP contribution in [-0.4, -0.2) is 21.4 Å². The van der Waals surface area contributed by atoms with Gasteiger partial charge in [0.1, 0.15) is 0 Å². The van der Waals surface area contributed by atoms with Crippen LogP contribution in [0.2, 0.25) is 0 Å². The summed E-state index contributed by atoms with van der Waals surface area (Å²) >= 11 is 3.33. The van der Waals surface area contributed by atoms with Crippen LogP contribution in [0.1, 0.15) is 5.56 Å². The van der Waals surface area contributed by atoms with Crippen LogP contribution in [0.3, 0.4) is 0 Å². The quantitative estimate of drug-likeness (QED) is 0.765. The first kappa shape index (κ1) is 17.4. The molecule has 0 aliphatic rings. The predicted octanol–water partition coefficient (Wildman–Crippen LogP) is 3.01. The minimum Gasteiger partial charge on any atom is -0.322 e. The molecule has 0 radical (unpaired) electrons. The van der Waals surface area contributed by atoms with Crippen molar-refractivity contribution in [2.45, 2.75) is 4.90 Å². The minimum atomic E-state index is -3.45. The Morgan fingerprint density at radius 1 is 1.13 bits per heavy atom. The van der Waals surface area contributed by atoms with Crippen LogP contribution in [0.4, 0.5) is 5.69 Å². The summed E-state index contributed by atoms with van der Waals surface area (Å²) in [7, 11) is -2.09. The van der Waals surface area contributed by atoms with Crippen LogP contribution in [-0.2, 0) is 14.8 Å². The summed E-state index contributed by atoms with van der Waals surface area (Å²) in [4.78, 5) is 12.0. The zero-order valence-corrected chi connectivity index (χ0v) is 14.7. The summed E-state index contributed by atoms with van der Waals surface area (Å²) in [5, 5.41) is 2.74. The van der Waals surface area contributed by atoms with Crippen LogP contribution < -0.4 is 10.0 Å². The zero-order valence-electron chi connectivity index (χ0n) is 12.3. The fourth-order valence-corrected chi connectivity index (χ4v) is 2.93. The van der Waals surface area contributed by atoms with E-state index >= 15 is 0 Å². The third kappa shape index (κ3) is 5.02. The van der Waals surface area contributed by atoms with Crippen molar-refractivity contribution in [2.75, 3.05) is 12.4 Å². The Bertz CT molecular complexity index is 831. The van der Waals surface area contributed by atoms with E-state index in [9.17, 15) is 13.2 Å². The third-order valence-electron chi connectivity index (χ3n) is 2.98.